The highest BCUT2D eigenvalue weighted by atomic mass is 35.5. The zero-order valence-electron chi connectivity index (χ0n) is 12.0. The highest BCUT2D eigenvalue weighted by molar-refractivity contribution is 7.80. The first-order valence-corrected chi connectivity index (χ1v) is 7.21. The van der Waals surface area contributed by atoms with Gasteiger partial charge in [0.2, 0.25) is 5.75 Å². The molecule has 124 valence electrons. The van der Waals surface area contributed by atoms with Crippen molar-refractivity contribution in [1.82, 2.24) is 10.2 Å². The number of carbonyl (C=O) groups is 2. The number of nitro benzene ring substituents is 1. The van der Waals surface area contributed by atoms with Gasteiger partial charge in [-0.15, -0.1) is 6.58 Å². The van der Waals surface area contributed by atoms with Crippen LogP contribution in [0.3, 0.4) is 0 Å². The average Bonchev–Trinajstić information content (AvgIpc) is 2.50. The van der Waals surface area contributed by atoms with E-state index in [1.54, 1.807) is 0 Å². The molecule has 1 aliphatic heterocycles. The van der Waals surface area contributed by atoms with Gasteiger partial charge in [-0.3, -0.25) is 29.9 Å². The number of phenols is 1. The lowest BCUT2D eigenvalue weighted by molar-refractivity contribution is -0.385. The number of carbonyl (C=O) groups excluding carboxylic acids is 2. The molecule has 1 fully saturated rings. The second-order valence-electron chi connectivity index (χ2n) is 4.64. The van der Waals surface area contributed by atoms with Gasteiger partial charge in [0, 0.05) is 23.2 Å². The number of benzene rings is 1. The number of hydrogen-bond donors (Lipinski definition) is 2. The van der Waals surface area contributed by atoms with Gasteiger partial charge in [-0.2, -0.15) is 0 Å². The zero-order valence-corrected chi connectivity index (χ0v) is 13.6. The topological polar surface area (TPSA) is 113 Å². The first kappa shape index (κ1) is 17.6. The molecular formula is C14H10ClN3O5S. The number of hydrogen-bond acceptors (Lipinski definition) is 6. The Morgan fingerprint density at radius 2 is 2.12 bits per heavy atom. The molecule has 0 spiro atoms. The Morgan fingerprint density at radius 1 is 1.46 bits per heavy atom. The van der Waals surface area contributed by atoms with Crippen LogP contribution in [0.15, 0.2) is 30.4 Å². The van der Waals surface area contributed by atoms with Crippen LogP contribution >= 0.6 is 23.8 Å². The van der Waals surface area contributed by atoms with Crippen LogP contribution in [0.25, 0.3) is 6.08 Å². The maximum absolute atomic E-state index is 12.4. The predicted octanol–water partition coefficient (Wildman–Crippen LogP) is 1.77. The molecule has 24 heavy (non-hydrogen) atoms. The molecule has 1 aromatic carbocycles. The minimum Gasteiger partial charge on any atom is -0.502 e. The highest BCUT2D eigenvalue weighted by Gasteiger charge is 2.33. The number of amides is 2. The number of halogens is 1. The maximum Gasteiger partial charge on any atom is 0.312 e. The fourth-order valence-electron chi connectivity index (χ4n) is 2.00. The SMILES string of the molecule is C=CCN1C(=O)/C(=C/c2cc(Cl)cc([N+](=O)[O-])c2O)C(=O)NC1=S. The minimum atomic E-state index is -0.828. The number of nitrogens with zero attached hydrogens (tertiary/aromatic N) is 2. The molecule has 0 aromatic heterocycles. The Balaban J connectivity index is 2.55. The Hall–Kier alpha value is -2.78. The van der Waals surface area contributed by atoms with Crippen LogP contribution in [-0.2, 0) is 9.59 Å². The maximum atomic E-state index is 12.4. The van der Waals surface area contributed by atoms with Gasteiger partial charge in [0.15, 0.2) is 5.11 Å². The van der Waals surface area contributed by atoms with Crippen LogP contribution in [0.1, 0.15) is 5.56 Å². The molecule has 0 unspecified atom stereocenters. The lowest BCUT2D eigenvalue weighted by Gasteiger charge is -2.27. The van der Waals surface area contributed by atoms with Crippen LogP contribution in [0, 0.1) is 10.1 Å². The molecular weight excluding hydrogens is 358 g/mol. The fourth-order valence-corrected chi connectivity index (χ4v) is 2.47. The van der Waals surface area contributed by atoms with Gasteiger partial charge in [0.25, 0.3) is 11.8 Å². The number of rotatable bonds is 4. The van der Waals surface area contributed by atoms with Crippen molar-refractivity contribution in [3.05, 3.63) is 51.1 Å². The van der Waals surface area contributed by atoms with Crippen LogP contribution in [0.4, 0.5) is 5.69 Å². The molecule has 2 amide bonds. The molecule has 1 heterocycles. The summed E-state index contributed by atoms with van der Waals surface area (Å²) in [5.41, 5.74) is -1.13. The summed E-state index contributed by atoms with van der Waals surface area (Å²) >= 11 is 10.7. The third kappa shape index (κ3) is 3.26. The Bertz CT molecular complexity index is 821. The van der Waals surface area contributed by atoms with Crippen LogP contribution in [0.5, 0.6) is 5.75 Å². The van der Waals surface area contributed by atoms with Crippen molar-refractivity contribution in [2.75, 3.05) is 6.54 Å². The van der Waals surface area contributed by atoms with E-state index in [0.717, 1.165) is 17.0 Å². The van der Waals surface area contributed by atoms with Gasteiger partial charge in [0.1, 0.15) is 5.57 Å². The molecule has 0 bridgehead atoms. The van der Waals surface area contributed by atoms with Crippen LogP contribution in [0.2, 0.25) is 5.02 Å². The third-order valence-electron chi connectivity index (χ3n) is 3.08. The van der Waals surface area contributed by atoms with Gasteiger partial charge in [-0.25, -0.2) is 0 Å². The van der Waals surface area contributed by atoms with Crippen LogP contribution < -0.4 is 5.32 Å². The van der Waals surface area contributed by atoms with Gasteiger partial charge < -0.3 is 5.11 Å². The fraction of sp³-hybridized carbons (Fsp3) is 0.0714. The first-order chi connectivity index (χ1) is 11.3. The number of thiocarbonyl (C=S) groups is 1. The lowest BCUT2D eigenvalue weighted by atomic mass is 10.1. The van der Waals surface area contributed by atoms with Gasteiger partial charge in [-0.1, -0.05) is 17.7 Å². The quantitative estimate of drug-likeness (QED) is 0.209. The minimum absolute atomic E-state index is 0.0338. The van der Waals surface area contributed by atoms with Gasteiger partial charge in [-0.05, 0) is 24.4 Å². The molecule has 0 aliphatic carbocycles. The summed E-state index contributed by atoms with van der Waals surface area (Å²) in [5, 5.41) is 23.1. The van der Waals surface area contributed by atoms with E-state index in [2.05, 4.69) is 11.9 Å². The molecule has 0 saturated carbocycles. The standard InChI is InChI=1S/C14H10ClN3O5S/c1-2-3-17-13(21)9(12(20)16-14(17)24)5-7-4-8(15)6-10(11(7)19)18(22)23/h2,4-6,19H,1,3H2,(H,16,20,24)/b9-5+. The summed E-state index contributed by atoms with van der Waals surface area (Å²) < 4.78 is 0. The van der Waals surface area contributed by atoms with E-state index in [-0.39, 0.29) is 27.8 Å². The number of phenolic OH excluding ortho intramolecular Hbond substituents is 1. The van der Waals surface area contributed by atoms with E-state index < -0.39 is 28.2 Å². The van der Waals surface area contributed by atoms with Crippen molar-refractivity contribution in [2.24, 2.45) is 0 Å². The van der Waals surface area contributed by atoms with E-state index in [9.17, 15) is 24.8 Å². The van der Waals surface area contributed by atoms with E-state index >= 15 is 0 Å². The Labute approximate surface area is 146 Å². The molecule has 1 aromatic rings. The predicted molar refractivity (Wildman–Crippen MR) is 90.4 cm³/mol. The van der Waals surface area contributed by atoms with E-state index in [4.69, 9.17) is 23.8 Å². The normalized spacial score (nSPS) is 16.3. The van der Waals surface area contributed by atoms with Gasteiger partial charge >= 0.3 is 5.69 Å². The van der Waals surface area contributed by atoms with E-state index in [1.165, 1.54) is 12.1 Å². The largest absolute Gasteiger partial charge is 0.502 e. The summed E-state index contributed by atoms with van der Waals surface area (Å²) in [6.07, 6.45) is 2.44. The average molecular weight is 368 g/mol. The Morgan fingerprint density at radius 3 is 2.71 bits per heavy atom. The summed E-state index contributed by atoms with van der Waals surface area (Å²) in [7, 11) is 0. The summed E-state index contributed by atoms with van der Waals surface area (Å²) in [5.74, 6) is -2.21. The second-order valence-corrected chi connectivity index (χ2v) is 5.46. The first-order valence-electron chi connectivity index (χ1n) is 6.43. The van der Waals surface area contributed by atoms with Crippen molar-refractivity contribution in [1.29, 1.82) is 0 Å². The van der Waals surface area contributed by atoms with Crippen molar-refractivity contribution < 1.29 is 19.6 Å². The Kier molecular flexibility index (Phi) is 4.96. The number of aromatic hydroxyl groups is 1. The molecule has 2 rings (SSSR count). The third-order valence-corrected chi connectivity index (χ3v) is 3.62. The summed E-state index contributed by atoms with van der Waals surface area (Å²) in [4.78, 5) is 35.5. The molecule has 2 N–H and O–H groups in total. The van der Waals surface area contributed by atoms with Crippen molar-refractivity contribution >= 4 is 52.5 Å². The molecule has 0 atom stereocenters. The monoisotopic (exact) mass is 367 g/mol. The van der Waals surface area contributed by atoms with Crippen molar-refractivity contribution in [3.8, 4) is 5.75 Å². The second kappa shape index (κ2) is 6.77. The molecule has 0 radical (unpaired) electrons. The highest BCUT2D eigenvalue weighted by Crippen LogP contribution is 2.34. The molecule has 8 nitrogen and oxygen atoms in total. The summed E-state index contributed by atoms with van der Waals surface area (Å²) in [6.45, 7) is 3.56. The van der Waals surface area contributed by atoms with Crippen molar-refractivity contribution in [2.45, 2.75) is 0 Å². The molecule has 10 heteroatoms. The smallest absolute Gasteiger partial charge is 0.312 e. The van der Waals surface area contributed by atoms with Gasteiger partial charge in [0.05, 0.1) is 4.92 Å². The number of nitro groups is 1. The van der Waals surface area contributed by atoms with E-state index in [1.807, 2.05) is 0 Å². The van der Waals surface area contributed by atoms with E-state index in [0.29, 0.717) is 0 Å². The van der Waals surface area contributed by atoms with Crippen molar-refractivity contribution in [3.63, 3.8) is 0 Å². The summed E-state index contributed by atoms with van der Waals surface area (Å²) in [6, 6.07) is 2.16. The zero-order chi connectivity index (χ0) is 18.0. The van der Waals surface area contributed by atoms with Crippen LogP contribution in [-0.4, -0.2) is 38.4 Å². The lowest BCUT2D eigenvalue weighted by Crippen LogP contribution is -2.53. The molecule has 1 aliphatic rings. The number of nitrogens with one attached hydrogen (secondary N) is 1. The molecule has 1 saturated heterocycles.